The standard InChI is InChI=1S/C22H18N2O4/c25-22(26)20(15-16-11-13-19(14-12-16)24(27)28)23-21(17-7-3-1-4-8-17)18-9-5-2-6-10-18/h1-14,20H,15H2,(H,25,26)/t20-/m1/s1. The number of hydrogen-bond acceptors (Lipinski definition) is 4. The van der Waals surface area contributed by atoms with Gasteiger partial charge in [0.2, 0.25) is 0 Å². The van der Waals surface area contributed by atoms with E-state index in [0.29, 0.717) is 11.3 Å². The fraction of sp³-hybridized carbons (Fsp3) is 0.0909. The molecule has 3 aromatic carbocycles. The average molecular weight is 374 g/mol. The first kappa shape index (κ1) is 19.0. The van der Waals surface area contributed by atoms with Crippen LogP contribution in [0.25, 0.3) is 0 Å². The number of aliphatic carboxylic acids is 1. The van der Waals surface area contributed by atoms with E-state index >= 15 is 0 Å². The maximum absolute atomic E-state index is 11.9. The summed E-state index contributed by atoms with van der Waals surface area (Å²) in [6, 6.07) is 23.7. The Morgan fingerprint density at radius 1 is 0.893 bits per heavy atom. The molecule has 0 bridgehead atoms. The van der Waals surface area contributed by atoms with Crippen molar-refractivity contribution in [3.8, 4) is 0 Å². The van der Waals surface area contributed by atoms with Gasteiger partial charge in [-0.25, -0.2) is 4.79 Å². The molecule has 140 valence electrons. The lowest BCUT2D eigenvalue weighted by molar-refractivity contribution is -0.384. The van der Waals surface area contributed by atoms with Crippen molar-refractivity contribution in [2.24, 2.45) is 4.99 Å². The predicted molar refractivity (Wildman–Crippen MR) is 107 cm³/mol. The normalized spacial score (nSPS) is 11.4. The van der Waals surface area contributed by atoms with E-state index in [1.54, 1.807) is 12.1 Å². The molecule has 6 heteroatoms. The summed E-state index contributed by atoms with van der Waals surface area (Å²) in [6.07, 6.45) is 0.135. The van der Waals surface area contributed by atoms with E-state index in [9.17, 15) is 20.0 Å². The molecule has 1 N–H and O–H groups in total. The number of non-ortho nitro benzene ring substituents is 1. The fourth-order valence-electron chi connectivity index (χ4n) is 2.83. The Hall–Kier alpha value is -3.80. The molecular weight excluding hydrogens is 356 g/mol. The molecule has 0 saturated heterocycles. The number of nitro benzene ring substituents is 1. The van der Waals surface area contributed by atoms with E-state index in [2.05, 4.69) is 4.99 Å². The number of carbonyl (C=O) groups is 1. The highest BCUT2D eigenvalue weighted by molar-refractivity contribution is 6.13. The van der Waals surface area contributed by atoms with E-state index in [4.69, 9.17) is 0 Å². The average Bonchev–Trinajstić information content (AvgIpc) is 2.72. The van der Waals surface area contributed by atoms with Crippen LogP contribution in [0, 0.1) is 10.1 Å². The van der Waals surface area contributed by atoms with Crippen LogP contribution < -0.4 is 0 Å². The molecule has 3 aromatic rings. The highest BCUT2D eigenvalue weighted by Crippen LogP contribution is 2.17. The minimum Gasteiger partial charge on any atom is -0.480 e. The molecule has 0 aliphatic heterocycles. The molecular formula is C22H18N2O4. The molecule has 0 heterocycles. The van der Waals surface area contributed by atoms with Crippen LogP contribution in [0.1, 0.15) is 16.7 Å². The number of hydrogen-bond donors (Lipinski definition) is 1. The van der Waals surface area contributed by atoms with Crippen LogP contribution in [0.2, 0.25) is 0 Å². The summed E-state index contributed by atoms with van der Waals surface area (Å²) >= 11 is 0. The van der Waals surface area contributed by atoms with Crippen molar-refractivity contribution in [1.29, 1.82) is 0 Å². The lowest BCUT2D eigenvalue weighted by atomic mass is 10.0. The summed E-state index contributed by atoms with van der Waals surface area (Å²) in [5, 5.41) is 20.5. The van der Waals surface area contributed by atoms with Crippen molar-refractivity contribution in [2.45, 2.75) is 12.5 Å². The van der Waals surface area contributed by atoms with Gasteiger partial charge in [0.05, 0.1) is 10.6 Å². The number of nitro groups is 1. The molecule has 28 heavy (non-hydrogen) atoms. The Labute approximate surface area is 162 Å². The molecule has 1 atom stereocenters. The zero-order valence-corrected chi connectivity index (χ0v) is 14.9. The van der Waals surface area contributed by atoms with Gasteiger partial charge in [-0.15, -0.1) is 0 Å². The number of carboxylic acids is 1. The molecule has 0 fully saturated rings. The monoisotopic (exact) mass is 374 g/mol. The van der Waals surface area contributed by atoms with Gasteiger partial charge in [-0.05, 0) is 5.56 Å². The van der Waals surface area contributed by atoms with Crippen molar-refractivity contribution >= 4 is 17.4 Å². The van der Waals surface area contributed by atoms with Crippen molar-refractivity contribution in [3.63, 3.8) is 0 Å². The van der Waals surface area contributed by atoms with Crippen LogP contribution in [0.5, 0.6) is 0 Å². The third kappa shape index (κ3) is 4.67. The van der Waals surface area contributed by atoms with Gasteiger partial charge in [0, 0.05) is 29.7 Å². The molecule has 0 spiro atoms. The smallest absolute Gasteiger partial charge is 0.328 e. The fourth-order valence-corrected chi connectivity index (χ4v) is 2.83. The summed E-state index contributed by atoms with van der Waals surface area (Å²) in [4.78, 5) is 26.7. The zero-order valence-electron chi connectivity index (χ0n) is 14.9. The Kier molecular flexibility index (Phi) is 5.91. The van der Waals surface area contributed by atoms with E-state index < -0.39 is 16.9 Å². The Morgan fingerprint density at radius 3 is 1.82 bits per heavy atom. The van der Waals surface area contributed by atoms with E-state index in [1.807, 2.05) is 60.7 Å². The summed E-state index contributed by atoms with van der Waals surface area (Å²) in [5.41, 5.74) is 2.87. The van der Waals surface area contributed by atoms with Gasteiger partial charge in [0.1, 0.15) is 0 Å². The highest BCUT2D eigenvalue weighted by atomic mass is 16.6. The SMILES string of the molecule is O=C(O)[C@@H](Cc1ccc([N+](=O)[O-])cc1)N=C(c1ccccc1)c1ccccc1. The van der Waals surface area contributed by atoms with Crippen LogP contribution in [-0.2, 0) is 11.2 Å². The predicted octanol–water partition coefficient (Wildman–Crippen LogP) is 4.13. The van der Waals surface area contributed by atoms with Crippen molar-refractivity contribution in [1.82, 2.24) is 0 Å². The topological polar surface area (TPSA) is 92.8 Å². The molecule has 0 aromatic heterocycles. The Balaban J connectivity index is 1.97. The quantitative estimate of drug-likeness (QED) is 0.382. The lowest BCUT2D eigenvalue weighted by Gasteiger charge is -2.13. The van der Waals surface area contributed by atoms with Crippen molar-refractivity contribution in [2.75, 3.05) is 0 Å². The van der Waals surface area contributed by atoms with Gasteiger partial charge < -0.3 is 5.11 Å². The molecule has 0 unspecified atom stereocenters. The van der Waals surface area contributed by atoms with Crippen LogP contribution in [0.4, 0.5) is 5.69 Å². The van der Waals surface area contributed by atoms with Crippen LogP contribution in [0.3, 0.4) is 0 Å². The van der Waals surface area contributed by atoms with Crippen molar-refractivity contribution in [3.05, 3.63) is 112 Å². The van der Waals surface area contributed by atoms with Crippen molar-refractivity contribution < 1.29 is 14.8 Å². The number of nitrogens with zero attached hydrogens (tertiary/aromatic N) is 2. The second kappa shape index (κ2) is 8.73. The van der Waals surface area contributed by atoms with Gasteiger partial charge in [0.25, 0.3) is 5.69 Å². The molecule has 0 aliphatic carbocycles. The Morgan fingerprint density at radius 2 is 1.39 bits per heavy atom. The van der Waals surface area contributed by atoms with E-state index in [-0.39, 0.29) is 12.1 Å². The van der Waals surface area contributed by atoms with E-state index in [0.717, 1.165) is 11.1 Å². The number of aliphatic imine (C=N–C) groups is 1. The first-order valence-corrected chi connectivity index (χ1v) is 8.69. The van der Waals surface area contributed by atoms with Crippen LogP contribution >= 0.6 is 0 Å². The maximum Gasteiger partial charge on any atom is 0.328 e. The lowest BCUT2D eigenvalue weighted by Crippen LogP contribution is -2.23. The van der Waals surface area contributed by atoms with Gasteiger partial charge in [0.15, 0.2) is 6.04 Å². The minimum absolute atomic E-state index is 0.0339. The molecule has 0 radical (unpaired) electrons. The largest absolute Gasteiger partial charge is 0.480 e. The van der Waals surface area contributed by atoms with E-state index in [1.165, 1.54) is 12.1 Å². The Bertz CT molecular complexity index is 943. The second-order valence-corrected chi connectivity index (χ2v) is 6.19. The summed E-state index contributed by atoms with van der Waals surface area (Å²) in [5.74, 6) is -1.05. The first-order valence-electron chi connectivity index (χ1n) is 8.69. The molecule has 0 aliphatic rings. The minimum atomic E-state index is -1.05. The highest BCUT2D eigenvalue weighted by Gasteiger charge is 2.20. The summed E-state index contributed by atoms with van der Waals surface area (Å²) in [7, 11) is 0. The van der Waals surface area contributed by atoms with Gasteiger partial charge in [-0.1, -0.05) is 72.8 Å². The first-order chi connectivity index (χ1) is 13.5. The third-order valence-corrected chi connectivity index (χ3v) is 4.24. The molecule has 3 rings (SSSR count). The third-order valence-electron chi connectivity index (χ3n) is 4.24. The van der Waals surface area contributed by atoms with Gasteiger partial charge >= 0.3 is 5.97 Å². The van der Waals surface area contributed by atoms with Crippen LogP contribution in [-0.4, -0.2) is 27.8 Å². The number of rotatable bonds is 7. The van der Waals surface area contributed by atoms with Gasteiger partial charge in [-0.2, -0.15) is 0 Å². The summed E-state index contributed by atoms with van der Waals surface area (Å²) < 4.78 is 0. The zero-order chi connectivity index (χ0) is 19.9. The number of benzene rings is 3. The molecule has 0 amide bonds. The number of carboxylic acid groups (broad SMARTS) is 1. The van der Waals surface area contributed by atoms with Gasteiger partial charge in [-0.3, -0.25) is 15.1 Å². The summed E-state index contributed by atoms with van der Waals surface area (Å²) in [6.45, 7) is 0. The molecule has 6 nitrogen and oxygen atoms in total. The molecule has 0 saturated carbocycles. The second-order valence-electron chi connectivity index (χ2n) is 6.19. The maximum atomic E-state index is 11.9. The van der Waals surface area contributed by atoms with Crippen LogP contribution in [0.15, 0.2) is 89.9 Å².